The highest BCUT2D eigenvalue weighted by Gasteiger charge is 2.34. The van der Waals surface area contributed by atoms with Crippen LogP contribution < -0.4 is 0 Å². The molecule has 1 aliphatic rings. The summed E-state index contributed by atoms with van der Waals surface area (Å²) in [7, 11) is 0. The fourth-order valence-corrected chi connectivity index (χ4v) is 2.30. The third-order valence-corrected chi connectivity index (χ3v) is 3.34. The first-order valence-electron chi connectivity index (χ1n) is 6.42. The fraction of sp³-hybridized carbons (Fsp3) is 0.571. The normalized spacial score (nSPS) is 14.9. The molecular weight excluding hydrogens is 248 g/mol. The maximum absolute atomic E-state index is 12.5. The molecule has 3 nitrogen and oxygen atoms in total. The van der Waals surface area contributed by atoms with Crippen LogP contribution in [0, 0.1) is 12.8 Å². The van der Waals surface area contributed by atoms with Crippen molar-refractivity contribution >= 4 is 17.5 Å². The molecular formula is C14H19ClN2O. The number of carbonyl (C=O) groups is 1. The van der Waals surface area contributed by atoms with Crippen molar-refractivity contribution in [2.75, 3.05) is 6.54 Å². The Balaban J connectivity index is 2.22. The number of amides is 1. The molecule has 0 aliphatic heterocycles. The van der Waals surface area contributed by atoms with Gasteiger partial charge in [0, 0.05) is 24.5 Å². The number of rotatable bonds is 4. The minimum atomic E-state index is 0.0173. The topological polar surface area (TPSA) is 33.2 Å². The Bertz CT molecular complexity index is 455. The van der Waals surface area contributed by atoms with Gasteiger partial charge in [-0.1, -0.05) is 25.4 Å². The Morgan fingerprint density at radius 2 is 2.22 bits per heavy atom. The largest absolute Gasteiger partial charge is 0.335 e. The van der Waals surface area contributed by atoms with Crippen LogP contribution in [0.25, 0.3) is 0 Å². The Morgan fingerprint density at radius 1 is 1.56 bits per heavy atom. The van der Waals surface area contributed by atoms with E-state index in [-0.39, 0.29) is 5.91 Å². The van der Waals surface area contributed by atoms with Gasteiger partial charge in [-0.3, -0.25) is 9.78 Å². The van der Waals surface area contributed by atoms with E-state index >= 15 is 0 Å². The van der Waals surface area contributed by atoms with Gasteiger partial charge in [0.05, 0.1) is 10.6 Å². The number of nitrogens with zero attached hydrogens (tertiary/aromatic N) is 2. The maximum atomic E-state index is 12.5. The van der Waals surface area contributed by atoms with E-state index in [1.165, 1.54) is 0 Å². The van der Waals surface area contributed by atoms with Gasteiger partial charge in [0.2, 0.25) is 0 Å². The molecule has 1 aromatic heterocycles. The van der Waals surface area contributed by atoms with Crippen molar-refractivity contribution in [1.82, 2.24) is 9.88 Å². The minimum absolute atomic E-state index is 0.0173. The molecule has 1 heterocycles. The zero-order chi connectivity index (χ0) is 13.3. The van der Waals surface area contributed by atoms with E-state index in [9.17, 15) is 4.79 Å². The van der Waals surface area contributed by atoms with Gasteiger partial charge in [-0.05, 0) is 31.7 Å². The summed E-state index contributed by atoms with van der Waals surface area (Å²) < 4.78 is 0. The van der Waals surface area contributed by atoms with Gasteiger partial charge in [-0.25, -0.2) is 0 Å². The second-order valence-electron chi connectivity index (χ2n) is 5.39. The molecule has 0 radical (unpaired) electrons. The van der Waals surface area contributed by atoms with E-state index in [2.05, 4.69) is 18.8 Å². The molecule has 18 heavy (non-hydrogen) atoms. The highest BCUT2D eigenvalue weighted by atomic mass is 35.5. The molecule has 2 rings (SSSR count). The Hall–Kier alpha value is -1.09. The average Bonchev–Trinajstić information content (AvgIpc) is 3.08. The van der Waals surface area contributed by atoms with E-state index in [4.69, 9.17) is 11.6 Å². The number of halogens is 1. The number of aryl methyl sites for hydroxylation is 1. The molecule has 0 aromatic carbocycles. The molecule has 0 N–H and O–H groups in total. The average molecular weight is 267 g/mol. The lowest BCUT2D eigenvalue weighted by molar-refractivity contribution is 0.0722. The summed E-state index contributed by atoms with van der Waals surface area (Å²) >= 11 is 6.14. The van der Waals surface area contributed by atoms with E-state index in [1.807, 2.05) is 11.8 Å². The quantitative estimate of drug-likeness (QED) is 0.838. The van der Waals surface area contributed by atoms with Crippen LogP contribution in [0.5, 0.6) is 0 Å². The summed E-state index contributed by atoms with van der Waals surface area (Å²) in [5.41, 5.74) is 1.35. The lowest BCUT2D eigenvalue weighted by atomic mass is 10.1. The molecule has 1 aromatic rings. The lowest BCUT2D eigenvalue weighted by Crippen LogP contribution is -2.36. The molecule has 98 valence electrons. The zero-order valence-corrected chi connectivity index (χ0v) is 11.9. The molecule has 4 heteroatoms. The first-order valence-corrected chi connectivity index (χ1v) is 6.80. The van der Waals surface area contributed by atoms with Crippen molar-refractivity contribution in [2.45, 2.75) is 39.7 Å². The maximum Gasteiger partial charge on any atom is 0.257 e. The molecule has 0 bridgehead atoms. The van der Waals surface area contributed by atoms with Crippen LogP contribution in [0.15, 0.2) is 12.3 Å². The molecule has 1 aliphatic carbocycles. The third-order valence-electron chi connectivity index (χ3n) is 3.03. The zero-order valence-electron chi connectivity index (χ0n) is 11.1. The Labute approximate surface area is 113 Å². The van der Waals surface area contributed by atoms with Gasteiger partial charge in [-0.2, -0.15) is 0 Å². The molecule has 1 amide bonds. The summed E-state index contributed by atoms with van der Waals surface area (Å²) in [6, 6.07) is 2.15. The first-order chi connectivity index (χ1) is 8.49. The summed E-state index contributed by atoms with van der Waals surface area (Å²) in [5.74, 6) is 0.482. The van der Waals surface area contributed by atoms with Gasteiger partial charge < -0.3 is 4.90 Å². The number of carbonyl (C=O) groups excluding carboxylic acids is 1. The van der Waals surface area contributed by atoms with Crippen LogP contribution >= 0.6 is 11.6 Å². The van der Waals surface area contributed by atoms with Crippen molar-refractivity contribution in [3.05, 3.63) is 28.5 Å². The highest BCUT2D eigenvalue weighted by Crippen LogP contribution is 2.30. The van der Waals surface area contributed by atoms with Crippen LogP contribution in [-0.4, -0.2) is 28.4 Å². The summed E-state index contributed by atoms with van der Waals surface area (Å²) in [4.78, 5) is 18.6. The van der Waals surface area contributed by atoms with Crippen LogP contribution in [0.2, 0.25) is 5.02 Å². The Morgan fingerprint density at radius 3 is 2.72 bits per heavy atom. The van der Waals surface area contributed by atoms with E-state index in [1.54, 1.807) is 12.3 Å². The highest BCUT2D eigenvalue weighted by molar-refractivity contribution is 6.33. The van der Waals surface area contributed by atoms with Crippen LogP contribution in [0.4, 0.5) is 0 Å². The lowest BCUT2D eigenvalue weighted by Gasteiger charge is -2.24. The predicted octanol–water partition coefficient (Wildman–Crippen LogP) is 3.30. The van der Waals surface area contributed by atoms with Crippen LogP contribution in [0.1, 0.15) is 42.7 Å². The van der Waals surface area contributed by atoms with Crippen LogP contribution in [0.3, 0.4) is 0 Å². The second-order valence-corrected chi connectivity index (χ2v) is 5.80. The van der Waals surface area contributed by atoms with Gasteiger partial charge in [0.15, 0.2) is 0 Å². The second kappa shape index (κ2) is 5.27. The van der Waals surface area contributed by atoms with Crippen molar-refractivity contribution < 1.29 is 4.79 Å². The number of pyridine rings is 1. The molecule has 0 atom stereocenters. The van der Waals surface area contributed by atoms with Gasteiger partial charge in [0.1, 0.15) is 0 Å². The number of hydrogen-bond acceptors (Lipinski definition) is 2. The van der Waals surface area contributed by atoms with Crippen LogP contribution in [-0.2, 0) is 0 Å². The molecule has 1 saturated carbocycles. The number of hydrogen-bond donors (Lipinski definition) is 0. The van der Waals surface area contributed by atoms with Crippen molar-refractivity contribution in [1.29, 1.82) is 0 Å². The third kappa shape index (κ3) is 3.02. The monoisotopic (exact) mass is 266 g/mol. The Kier molecular flexibility index (Phi) is 3.91. The summed E-state index contributed by atoms with van der Waals surface area (Å²) in [6.07, 6.45) is 3.81. The minimum Gasteiger partial charge on any atom is -0.335 e. The first kappa shape index (κ1) is 13.3. The van der Waals surface area contributed by atoms with Crippen molar-refractivity contribution in [3.8, 4) is 0 Å². The molecule has 0 saturated heterocycles. The van der Waals surface area contributed by atoms with E-state index < -0.39 is 0 Å². The summed E-state index contributed by atoms with van der Waals surface area (Å²) in [6.45, 7) is 6.90. The van der Waals surface area contributed by atoms with Crippen molar-refractivity contribution in [2.24, 2.45) is 5.92 Å². The van der Waals surface area contributed by atoms with E-state index in [0.717, 1.165) is 25.1 Å². The standard InChI is InChI=1S/C14H19ClN2O/c1-9(2)8-17(11-4-5-11)14(18)12-7-16-10(3)6-13(12)15/h6-7,9,11H,4-5,8H2,1-3H3. The van der Waals surface area contributed by atoms with E-state index in [0.29, 0.717) is 22.5 Å². The van der Waals surface area contributed by atoms with Crippen molar-refractivity contribution in [3.63, 3.8) is 0 Å². The molecule has 0 unspecified atom stereocenters. The van der Waals surface area contributed by atoms with Gasteiger partial charge in [0.25, 0.3) is 5.91 Å². The van der Waals surface area contributed by atoms with Gasteiger partial charge in [-0.15, -0.1) is 0 Å². The number of aromatic nitrogens is 1. The SMILES string of the molecule is Cc1cc(Cl)c(C(=O)N(CC(C)C)C2CC2)cn1. The predicted molar refractivity (Wildman–Crippen MR) is 72.9 cm³/mol. The molecule has 0 spiro atoms. The fourth-order valence-electron chi connectivity index (χ4n) is 2.02. The summed E-state index contributed by atoms with van der Waals surface area (Å²) in [5, 5.41) is 0.502. The molecule has 1 fully saturated rings. The van der Waals surface area contributed by atoms with Gasteiger partial charge >= 0.3 is 0 Å². The smallest absolute Gasteiger partial charge is 0.257 e.